The van der Waals surface area contributed by atoms with Gasteiger partial charge in [0.1, 0.15) is 23.5 Å². The van der Waals surface area contributed by atoms with E-state index in [0.717, 1.165) is 5.56 Å². The normalized spacial score (nSPS) is 21.2. The maximum absolute atomic E-state index is 13.4. The van der Waals surface area contributed by atoms with Crippen molar-refractivity contribution in [1.82, 2.24) is 0 Å². The lowest BCUT2D eigenvalue weighted by Gasteiger charge is -2.30. The van der Waals surface area contributed by atoms with Crippen molar-refractivity contribution in [3.63, 3.8) is 0 Å². The van der Waals surface area contributed by atoms with Crippen molar-refractivity contribution in [3.05, 3.63) is 64.7 Å². The summed E-state index contributed by atoms with van der Waals surface area (Å²) in [7, 11) is 0. The number of benzene rings is 2. The van der Waals surface area contributed by atoms with Gasteiger partial charge in [-0.1, -0.05) is 6.07 Å². The van der Waals surface area contributed by atoms with E-state index >= 15 is 0 Å². The van der Waals surface area contributed by atoms with Crippen LogP contribution in [0.2, 0.25) is 0 Å². The second kappa shape index (κ2) is 4.87. The third-order valence-electron chi connectivity index (χ3n) is 3.63. The molecule has 0 bridgehead atoms. The van der Waals surface area contributed by atoms with Crippen molar-refractivity contribution in [2.75, 3.05) is 0 Å². The highest BCUT2D eigenvalue weighted by Gasteiger charge is 2.29. The van der Waals surface area contributed by atoms with Crippen molar-refractivity contribution in [2.45, 2.75) is 25.6 Å². The van der Waals surface area contributed by atoms with Crippen molar-refractivity contribution >= 4 is 0 Å². The van der Waals surface area contributed by atoms with Crippen LogP contribution in [0.5, 0.6) is 5.75 Å². The Morgan fingerprint density at radius 1 is 1.05 bits per heavy atom. The molecule has 2 aromatic carbocycles. The fourth-order valence-corrected chi connectivity index (χ4v) is 2.57. The molecule has 1 unspecified atom stereocenters. The number of rotatable bonds is 1. The summed E-state index contributed by atoms with van der Waals surface area (Å²) in [5, 5.41) is 10.1. The minimum atomic E-state index is -0.817. The Labute approximate surface area is 115 Å². The second-order valence-corrected chi connectivity index (χ2v) is 5.04. The number of aliphatic hydroxyl groups excluding tert-OH is 1. The largest absolute Gasteiger partial charge is 0.485 e. The molecule has 1 N–H and O–H groups in total. The van der Waals surface area contributed by atoms with Gasteiger partial charge in [0.05, 0.1) is 6.10 Å². The lowest BCUT2D eigenvalue weighted by Crippen LogP contribution is -2.20. The standard InChI is InChI=1S/C16H14F2O2/c1-9-2-3-10(17)6-12(9)16-8-14(19)13-7-11(18)4-5-15(13)20-16/h2-7,14,16,19H,8H2,1H3/t14-,16?/m1/s1. The molecule has 104 valence electrons. The Morgan fingerprint density at radius 3 is 2.45 bits per heavy atom. The first-order chi connectivity index (χ1) is 9.54. The summed E-state index contributed by atoms with van der Waals surface area (Å²) in [5.41, 5.74) is 2.04. The molecule has 0 radical (unpaired) electrons. The van der Waals surface area contributed by atoms with Crippen molar-refractivity contribution in [2.24, 2.45) is 0 Å². The van der Waals surface area contributed by atoms with Crippen LogP contribution < -0.4 is 4.74 Å². The predicted molar refractivity (Wildman–Crippen MR) is 70.5 cm³/mol. The topological polar surface area (TPSA) is 29.5 Å². The molecule has 0 fully saturated rings. The Balaban J connectivity index is 1.99. The van der Waals surface area contributed by atoms with Crippen LogP contribution in [-0.4, -0.2) is 5.11 Å². The fraction of sp³-hybridized carbons (Fsp3) is 0.250. The first-order valence-corrected chi connectivity index (χ1v) is 6.45. The summed E-state index contributed by atoms with van der Waals surface area (Å²) in [6.45, 7) is 1.87. The molecule has 0 saturated heterocycles. The molecule has 4 heteroatoms. The maximum atomic E-state index is 13.4. The van der Waals surface area contributed by atoms with E-state index in [1.54, 1.807) is 6.07 Å². The van der Waals surface area contributed by atoms with Crippen LogP contribution in [0.15, 0.2) is 36.4 Å². The molecule has 0 aromatic heterocycles. The van der Waals surface area contributed by atoms with Crippen molar-refractivity contribution < 1.29 is 18.6 Å². The minimum Gasteiger partial charge on any atom is -0.485 e. The molecule has 20 heavy (non-hydrogen) atoms. The van der Waals surface area contributed by atoms with Gasteiger partial charge in [-0.2, -0.15) is 0 Å². The van der Waals surface area contributed by atoms with Crippen LogP contribution in [0, 0.1) is 18.6 Å². The molecule has 1 heterocycles. The fourth-order valence-electron chi connectivity index (χ4n) is 2.57. The molecule has 0 aliphatic carbocycles. The van der Waals surface area contributed by atoms with Crippen LogP contribution in [0.3, 0.4) is 0 Å². The molecule has 0 saturated carbocycles. The van der Waals surface area contributed by atoms with Crippen molar-refractivity contribution in [3.8, 4) is 5.75 Å². The van der Waals surface area contributed by atoms with E-state index in [-0.39, 0.29) is 12.2 Å². The Kier molecular flexibility index (Phi) is 3.18. The highest BCUT2D eigenvalue weighted by atomic mass is 19.1. The van der Waals surface area contributed by atoms with Gasteiger partial charge in [-0.05, 0) is 48.4 Å². The van der Waals surface area contributed by atoms with Gasteiger partial charge >= 0.3 is 0 Å². The van der Waals surface area contributed by atoms with E-state index in [1.807, 2.05) is 6.92 Å². The average molecular weight is 276 g/mol. The van der Waals surface area contributed by atoms with E-state index in [1.165, 1.54) is 30.3 Å². The summed E-state index contributed by atoms with van der Waals surface area (Å²) in [5.74, 6) is -0.306. The molecule has 2 atom stereocenters. The first kappa shape index (κ1) is 13.1. The van der Waals surface area contributed by atoms with E-state index in [0.29, 0.717) is 16.9 Å². The van der Waals surface area contributed by atoms with Crippen molar-refractivity contribution in [1.29, 1.82) is 0 Å². The molecule has 1 aliphatic heterocycles. The zero-order valence-corrected chi connectivity index (χ0v) is 10.9. The van der Waals surface area contributed by atoms with Gasteiger partial charge in [0.15, 0.2) is 0 Å². The second-order valence-electron chi connectivity index (χ2n) is 5.04. The van der Waals surface area contributed by atoms with Gasteiger partial charge in [0.2, 0.25) is 0 Å². The molecule has 0 amide bonds. The number of halogens is 2. The number of fused-ring (bicyclic) bond motifs is 1. The third kappa shape index (κ3) is 2.27. The van der Waals surface area contributed by atoms with Gasteiger partial charge in [0.25, 0.3) is 0 Å². The van der Waals surface area contributed by atoms with Gasteiger partial charge in [-0.25, -0.2) is 8.78 Å². The van der Waals surface area contributed by atoms with Crippen LogP contribution in [0.25, 0.3) is 0 Å². The zero-order valence-electron chi connectivity index (χ0n) is 10.9. The number of hydrogen-bond acceptors (Lipinski definition) is 2. The molecule has 0 spiro atoms. The SMILES string of the molecule is Cc1ccc(F)cc1C1C[C@@H](O)c2cc(F)ccc2O1. The quantitative estimate of drug-likeness (QED) is 0.857. The molecular weight excluding hydrogens is 262 g/mol. The first-order valence-electron chi connectivity index (χ1n) is 6.45. The van der Waals surface area contributed by atoms with Gasteiger partial charge in [-0.3, -0.25) is 0 Å². The van der Waals surface area contributed by atoms with Crippen LogP contribution in [0.4, 0.5) is 8.78 Å². The summed E-state index contributed by atoms with van der Waals surface area (Å²) in [4.78, 5) is 0. The molecule has 1 aliphatic rings. The predicted octanol–water partition coefficient (Wildman–Crippen LogP) is 3.83. The summed E-state index contributed by atoms with van der Waals surface area (Å²) in [6.07, 6.45) is -0.971. The van der Waals surface area contributed by atoms with E-state index < -0.39 is 18.0 Å². The lowest BCUT2D eigenvalue weighted by molar-refractivity contribution is 0.0649. The van der Waals surface area contributed by atoms with Gasteiger partial charge in [0, 0.05) is 12.0 Å². The average Bonchev–Trinajstić information content (AvgIpc) is 2.42. The molecule has 2 aromatic rings. The number of aryl methyl sites for hydroxylation is 1. The number of hydrogen-bond donors (Lipinski definition) is 1. The van der Waals surface area contributed by atoms with Crippen LogP contribution in [-0.2, 0) is 0 Å². The lowest BCUT2D eigenvalue weighted by atomic mass is 9.93. The molecule has 3 rings (SSSR count). The third-order valence-corrected chi connectivity index (χ3v) is 3.63. The summed E-state index contributed by atoms with van der Waals surface area (Å²) >= 11 is 0. The Bertz CT molecular complexity index is 655. The highest BCUT2D eigenvalue weighted by molar-refractivity contribution is 5.40. The summed E-state index contributed by atoms with van der Waals surface area (Å²) < 4.78 is 32.4. The summed E-state index contributed by atoms with van der Waals surface area (Å²) in [6, 6.07) is 8.54. The number of ether oxygens (including phenoxy) is 1. The smallest absolute Gasteiger partial charge is 0.127 e. The van der Waals surface area contributed by atoms with E-state index in [9.17, 15) is 13.9 Å². The molecule has 2 nitrogen and oxygen atoms in total. The van der Waals surface area contributed by atoms with Gasteiger partial charge < -0.3 is 9.84 Å². The van der Waals surface area contributed by atoms with Crippen LogP contribution >= 0.6 is 0 Å². The van der Waals surface area contributed by atoms with Gasteiger partial charge in [-0.15, -0.1) is 0 Å². The maximum Gasteiger partial charge on any atom is 0.127 e. The Hall–Kier alpha value is -1.94. The highest BCUT2D eigenvalue weighted by Crippen LogP contribution is 2.41. The molecular formula is C16H14F2O2. The monoisotopic (exact) mass is 276 g/mol. The Morgan fingerprint density at radius 2 is 1.70 bits per heavy atom. The van der Waals surface area contributed by atoms with E-state index in [4.69, 9.17) is 4.74 Å². The van der Waals surface area contributed by atoms with Crippen LogP contribution in [0.1, 0.15) is 35.3 Å². The zero-order chi connectivity index (χ0) is 14.3. The van der Waals surface area contributed by atoms with E-state index in [2.05, 4.69) is 0 Å². The number of aliphatic hydroxyl groups is 1. The minimum absolute atomic E-state index is 0.279.